The molecule has 0 aliphatic carbocycles. The molecule has 0 saturated carbocycles. The average molecular weight is 272 g/mol. The number of hydrogen-bond donors (Lipinski definition) is 1. The lowest BCUT2D eigenvalue weighted by Gasteiger charge is -2.11. The Balaban J connectivity index is 1.95. The Kier molecular flexibility index (Phi) is 3.65. The second-order valence-electron chi connectivity index (χ2n) is 4.41. The van der Waals surface area contributed by atoms with Crippen molar-refractivity contribution in [3.05, 3.63) is 18.2 Å². The number of aromatic hydroxyl groups is 1. The van der Waals surface area contributed by atoms with Crippen molar-refractivity contribution < 1.29 is 23.0 Å². The lowest BCUT2D eigenvalue weighted by atomic mass is 10.1. The van der Waals surface area contributed by atoms with Crippen molar-refractivity contribution in [1.82, 2.24) is 0 Å². The largest absolute Gasteiger partial charge is 0.504 e. The number of hydrogen-bond acceptors (Lipinski definition) is 5. The quantitative estimate of drug-likeness (QED) is 0.892. The molecule has 100 valence electrons. The Morgan fingerprint density at radius 2 is 2.22 bits per heavy atom. The lowest BCUT2D eigenvalue weighted by Crippen LogP contribution is -2.13. The first-order chi connectivity index (χ1) is 8.50. The molecule has 0 radical (unpaired) electrons. The molecule has 6 heteroatoms. The van der Waals surface area contributed by atoms with E-state index in [9.17, 15) is 13.5 Å². The SMILES string of the molecule is COc1cc(OCC2CCS(=O)(=O)C2)ccc1O. The number of rotatable bonds is 4. The molecule has 1 aliphatic rings. The number of phenolic OH excluding ortho intramolecular Hbond substituents is 1. The molecule has 18 heavy (non-hydrogen) atoms. The van der Waals surface area contributed by atoms with Crippen LogP contribution in [0.2, 0.25) is 0 Å². The maximum absolute atomic E-state index is 11.3. The first kappa shape index (κ1) is 13.0. The fourth-order valence-electron chi connectivity index (χ4n) is 1.97. The van der Waals surface area contributed by atoms with Gasteiger partial charge in [-0.2, -0.15) is 0 Å². The third kappa shape index (κ3) is 3.07. The molecule has 1 aromatic carbocycles. The summed E-state index contributed by atoms with van der Waals surface area (Å²) >= 11 is 0. The highest BCUT2D eigenvalue weighted by Gasteiger charge is 2.28. The molecule has 1 unspecified atom stereocenters. The third-order valence-electron chi connectivity index (χ3n) is 2.96. The zero-order valence-electron chi connectivity index (χ0n) is 10.1. The normalized spacial score (nSPS) is 21.7. The molecule has 1 atom stereocenters. The molecule has 0 spiro atoms. The van der Waals surface area contributed by atoms with Crippen LogP contribution in [0.3, 0.4) is 0 Å². The summed E-state index contributed by atoms with van der Waals surface area (Å²) in [5, 5.41) is 9.42. The minimum absolute atomic E-state index is 0.0493. The van der Waals surface area contributed by atoms with Crippen molar-refractivity contribution in [3.63, 3.8) is 0 Å². The Labute approximate surface area is 106 Å². The summed E-state index contributed by atoms with van der Waals surface area (Å²) in [5.41, 5.74) is 0. The molecule has 1 aliphatic heterocycles. The Hall–Kier alpha value is -1.43. The fraction of sp³-hybridized carbons (Fsp3) is 0.500. The number of benzene rings is 1. The van der Waals surface area contributed by atoms with E-state index in [0.29, 0.717) is 24.5 Å². The van der Waals surface area contributed by atoms with Crippen LogP contribution in [0.25, 0.3) is 0 Å². The molecule has 2 rings (SSSR count). The van der Waals surface area contributed by atoms with E-state index in [0.717, 1.165) is 0 Å². The van der Waals surface area contributed by atoms with E-state index >= 15 is 0 Å². The van der Waals surface area contributed by atoms with Gasteiger partial charge in [0.2, 0.25) is 0 Å². The van der Waals surface area contributed by atoms with Crippen LogP contribution in [0.4, 0.5) is 0 Å². The van der Waals surface area contributed by atoms with Crippen LogP contribution in [0.5, 0.6) is 17.2 Å². The molecular formula is C12H16O5S. The first-order valence-electron chi connectivity index (χ1n) is 5.70. The molecule has 1 heterocycles. The highest BCUT2D eigenvalue weighted by Crippen LogP contribution is 2.30. The number of ether oxygens (including phenoxy) is 2. The van der Waals surface area contributed by atoms with E-state index in [-0.39, 0.29) is 23.2 Å². The van der Waals surface area contributed by atoms with Crippen molar-refractivity contribution in [3.8, 4) is 17.2 Å². The molecule has 0 amide bonds. The predicted molar refractivity (Wildman–Crippen MR) is 66.9 cm³/mol. The Bertz CT molecular complexity index is 523. The van der Waals surface area contributed by atoms with Crippen LogP contribution < -0.4 is 9.47 Å². The Morgan fingerprint density at radius 1 is 1.44 bits per heavy atom. The van der Waals surface area contributed by atoms with Gasteiger partial charge in [-0.25, -0.2) is 8.42 Å². The molecule has 1 fully saturated rings. The van der Waals surface area contributed by atoms with Crippen LogP contribution in [0.1, 0.15) is 6.42 Å². The van der Waals surface area contributed by atoms with Crippen LogP contribution >= 0.6 is 0 Å². The maximum atomic E-state index is 11.3. The highest BCUT2D eigenvalue weighted by molar-refractivity contribution is 7.91. The summed E-state index contributed by atoms with van der Waals surface area (Å²) in [6.07, 6.45) is 0.650. The van der Waals surface area contributed by atoms with Gasteiger partial charge in [-0.15, -0.1) is 0 Å². The van der Waals surface area contributed by atoms with Crippen LogP contribution in [0, 0.1) is 5.92 Å². The summed E-state index contributed by atoms with van der Waals surface area (Å²) in [4.78, 5) is 0. The van der Waals surface area contributed by atoms with E-state index in [1.807, 2.05) is 0 Å². The minimum Gasteiger partial charge on any atom is -0.504 e. The van der Waals surface area contributed by atoms with Gasteiger partial charge in [0.05, 0.1) is 25.2 Å². The molecule has 1 N–H and O–H groups in total. The fourth-order valence-corrected chi connectivity index (χ4v) is 3.81. The third-order valence-corrected chi connectivity index (χ3v) is 4.80. The average Bonchev–Trinajstić information content (AvgIpc) is 2.68. The monoisotopic (exact) mass is 272 g/mol. The summed E-state index contributed by atoms with van der Waals surface area (Å²) in [6, 6.07) is 4.69. The van der Waals surface area contributed by atoms with Crippen LogP contribution in [-0.2, 0) is 9.84 Å². The van der Waals surface area contributed by atoms with E-state index in [1.165, 1.54) is 13.2 Å². The summed E-state index contributed by atoms with van der Waals surface area (Å²) in [5.74, 6) is 1.45. The second kappa shape index (κ2) is 5.06. The van der Waals surface area contributed by atoms with Crippen molar-refractivity contribution in [2.75, 3.05) is 25.2 Å². The summed E-state index contributed by atoms with van der Waals surface area (Å²) < 4.78 is 33.1. The zero-order chi connectivity index (χ0) is 13.2. The highest BCUT2D eigenvalue weighted by atomic mass is 32.2. The van der Waals surface area contributed by atoms with Gasteiger partial charge in [-0.1, -0.05) is 0 Å². The van der Waals surface area contributed by atoms with Crippen LogP contribution in [0.15, 0.2) is 18.2 Å². The van der Waals surface area contributed by atoms with Gasteiger partial charge in [0.15, 0.2) is 21.3 Å². The van der Waals surface area contributed by atoms with E-state index in [4.69, 9.17) is 9.47 Å². The molecular weight excluding hydrogens is 256 g/mol. The van der Waals surface area contributed by atoms with E-state index < -0.39 is 9.84 Å². The maximum Gasteiger partial charge on any atom is 0.164 e. The molecule has 1 saturated heterocycles. The first-order valence-corrected chi connectivity index (χ1v) is 7.52. The minimum atomic E-state index is -2.86. The van der Waals surface area contributed by atoms with Crippen molar-refractivity contribution in [1.29, 1.82) is 0 Å². The lowest BCUT2D eigenvalue weighted by molar-refractivity contribution is 0.261. The van der Waals surface area contributed by atoms with Crippen molar-refractivity contribution in [2.24, 2.45) is 5.92 Å². The van der Waals surface area contributed by atoms with Gasteiger partial charge in [-0.3, -0.25) is 0 Å². The standard InChI is InChI=1S/C12H16O5S/c1-16-12-6-10(2-3-11(12)13)17-7-9-4-5-18(14,15)8-9/h2-3,6,9,13H,4-5,7-8H2,1H3. The number of methoxy groups -OCH3 is 1. The van der Waals surface area contributed by atoms with Gasteiger partial charge in [0.25, 0.3) is 0 Å². The molecule has 1 aromatic rings. The van der Waals surface area contributed by atoms with E-state index in [2.05, 4.69) is 0 Å². The summed E-state index contributed by atoms with van der Waals surface area (Å²) in [6.45, 7) is 0.368. The van der Waals surface area contributed by atoms with Gasteiger partial charge in [0.1, 0.15) is 5.75 Å². The van der Waals surface area contributed by atoms with Crippen molar-refractivity contribution in [2.45, 2.75) is 6.42 Å². The topological polar surface area (TPSA) is 72.8 Å². The van der Waals surface area contributed by atoms with Gasteiger partial charge in [-0.05, 0) is 18.6 Å². The van der Waals surface area contributed by atoms with Crippen LogP contribution in [-0.4, -0.2) is 38.7 Å². The number of phenols is 1. The predicted octanol–water partition coefficient (Wildman–Crippen LogP) is 1.21. The second-order valence-corrected chi connectivity index (χ2v) is 6.64. The van der Waals surface area contributed by atoms with Crippen molar-refractivity contribution >= 4 is 9.84 Å². The van der Waals surface area contributed by atoms with E-state index in [1.54, 1.807) is 12.1 Å². The smallest absolute Gasteiger partial charge is 0.164 e. The zero-order valence-corrected chi connectivity index (χ0v) is 10.9. The molecule has 5 nitrogen and oxygen atoms in total. The molecule has 0 bridgehead atoms. The number of sulfone groups is 1. The Morgan fingerprint density at radius 3 is 2.83 bits per heavy atom. The van der Waals surface area contributed by atoms with Gasteiger partial charge < -0.3 is 14.6 Å². The van der Waals surface area contributed by atoms with Gasteiger partial charge in [0, 0.05) is 12.0 Å². The van der Waals surface area contributed by atoms with Gasteiger partial charge >= 0.3 is 0 Å². The molecule has 0 aromatic heterocycles. The summed E-state index contributed by atoms with van der Waals surface area (Å²) in [7, 11) is -1.40.